The monoisotopic (exact) mass is 310 g/mol. The highest BCUT2D eigenvalue weighted by atomic mass is 16.5. The molecule has 0 saturated carbocycles. The van der Waals surface area contributed by atoms with Crippen LogP contribution in [0.2, 0.25) is 0 Å². The molecule has 2 aromatic rings. The predicted molar refractivity (Wildman–Crippen MR) is 84.3 cm³/mol. The van der Waals surface area contributed by atoms with Gasteiger partial charge in [0, 0.05) is 47.4 Å². The topological polar surface area (TPSA) is 109 Å². The van der Waals surface area contributed by atoms with Crippen molar-refractivity contribution >= 4 is 17.1 Å². The lowest BCUT2D eigenvalue weighted by Crippen LogP contribution is -2.38. The lowest BCUT2D eigenvalue weighted by Gasteiger charge is -2.08. The van der Waals surface area contributed by atoms with Gasteiger partial charge in [-0.05, 0) is 6.42 Å². The highest BCUT2D eigenvalue weighted by Gasteiger charge is 2.18. The van der Waals surface area contributed by atoms with Gasteiger partial charge in [0.05, 0.1) is 0 Å². The van der Waals surface area contributed by atoms with E-state index in [2.05, 4.69) is 10.3 Å². The number of ether oxygens (including phenoxy) is 1. The van der Waals surface area contributed by atoms with Gasteiger partial charge in [0.15, 0.2) is 11.2 Å². The number of aryl methyl sites for hydroxylation is 2. The molecule has 122 valence electrons. The Morgan fingerprint density at radius 2 is 2.00 bits per heavy atom. The standard InChI is InChI=1S/C13H22N6O3/c1-17-9-10(16-12(17)15-6-5-14)19(7-4-8-22-3)13(21)18(2)11(9)20/h4-8,14H2,1-3H3,(H,15,16). The molecule has 2 aromatic heterocycles. The Morgan fingerprint density at radius 1 is 1.27 bits per heavy atom. The lowest BCUT2D eigenvalue weighted by molar-refractivity contribution is 0.190. The zero-order chi connectivity index (χ0) is 16.3. The minimum Gasteiger partial charge on any atom is -0.385 e. The van der Waals surface area contributed by atoms with Crippen molar-refractivity contribution in [1.29, 1.82) is 0 Å². The average Bonchev–Trinajstić information content (AvgIpc) is 2.83. The molecule has 0 aliphatic carbocycles. The predicted octanol–water partition coefficient (Wildman–Crippen LogP) is -1.16. The summed E-state index contributed by atoms with van der Waals surface area (Å²) in [5.41, 5.74) is 5.50. The summed E-state index contributed by atoms with van der Waals surface area (Å²) in [4.78, 5) is 29.1. The number of nitrogens with one attached hydrogen (secondary N) is 1. The lowest BCUT2D eigenvalue weighted by atomic mass is 10.4. The Hall–Kier alpha value is -2.13. The van der Waals surface area contributed by atoms with Crippen LogP contribution in [0.15, 0.2) is 9.59 Å². The van der Waals surface area contributed by atoms with Gasteiger partial charge in [0.25, 0.3) is 5.56 Å². The number of imidazole rings is 1. The van der Waals surface area contributed by atoms with Crippen molar-refractivity contribution in [1.82, 2.24) is 18.7 Å². The Balaban J connectivity index is 2.62. The molecule has 0 aliphatic rings. The van der Waals surface area contributed by atoms with Gasteiger partial charge in [-0.15, -0.1) is 0 Å². The van der Waals surface area contributed by atoms with Crippen molar-refractivity contribution in [3.05, 3.63) is 20.8 Å². The molecular weight excluding hydrogens is 288 g/mol. The van der Waals surface area contributed by atoms with Crippen LogP contribution >= 0.6 is 0 Å². The molecule has 0 spiro atoms. The van der Waals surface area contributed by atoms with Crippen LogP contribution in [0.1, 0.15) is 6.42 Å². The fourth-order valence-corrected chi connectivity index (χ4v) is 2.34. The van der Waals surface area contributed by atoms with E-state index in [1.807, 2.05) is 0 Å². The number of anilines is 1. The number of methoxy groups -OCH3 is 1. The van der Waals surface area contributed by atoms with E-state index in [9.17, 15) is 9.59 Å². The SMILES string of the molecule is COCCCn1c(=O)n(C)c(=O)c2c1nc(NCCN)n2C. The Kier molecular flexibility index (Phi) is 4.99. The average molecular weight is 310 g/mol. The number of hydrogen-bond donors (Lipinski definition) is 2. The van der Waals surface area contributed by atoms with Crippen molar-refractivity contribution in [3.8, 4) is 0 Å². The van der Waals surface area contributed by atoms with Crippen molar-refractivity contribution in [2.75, 3.05) is 32.1 Å². The van der Waals surface area contributed by atoms with E-state index in [-0.39, 0.29) is 11.2 Å². The molecule has 22 heavy (non-hydrogen) atoms. The molecule has 9 nitrogen and oxygen atoms in total. The Labute approximate surface area is 127 Å². The fourth-order valence-electron chi connectivity index (χ4n) is 2.34. The van der Waals surface area contributed by atoms with Gasteiger partial charge in [-0.25, -0.2) is 4.79 Å². The first-order chi connectivity index (χ1) is 10.5. The maximum atomic E-state index is 12.4. The zero-order valence-electron chi connectivity index (χ0n) is 13.1. The van der Waals surface area contributed by atoms with E-state index in [1.165, 1.54) is 11.6 Å². The second-order valence-corrected chi connectivity index (χ2v) is 5.03. The van der Waals surface area contributed by atoms with Gasteiger partial charge >= 0.3 is 5.69 Å². The number of rotatable bonds is 7. The van der Waals surface area contributed by atoms with Gasteiger partial charge in [0.1, 0.15) is 0 Å². The third kappa shape index (κ3) is 2.77. The first-order valence-corrected chi connectivity index (χ1v) is 7.12. The molecule has 0 radical (unpaired) electrons. The van der Waals surface area contributed by atoms with E-state index in [0.717, 1.165) is 4.57 Å². The first kappa shape index (κ1) is 16.2. The van der Waals surface area contributed by atoms with Crippen LogP contribution in [0.3, 0.4) is 0 Å². The van der Waals surface area contributed by atoms with Crippen LogP contribution in [0.5, 0.6) is 0 Å². The molecular formula is C13H22N6O3. The second kappa shape index (κ2) is 6.75. The minimum atomic E-state index is -0.378. The zero-order valence-corrected chi connectivity index (χ0v) is 13.1. The maximum absolute atomic E-state index is 12.4. The number of fused-ring (bicyclic) bond motifs is 1. The van der Waals surface area contributed by atoms with Crippen LogP contribution in [-0.2, 0) is 25.4 Å². The van der Waals surface area contributed by atoms with Crippen molar-refractivity contribution < 1.29 is 4.74 Å². The van der Waals surface area contributed by atoms with Gasteiger partial charge in [-0.1, -0.05) is 0 Å². The van der Waals surface area contributed by atoms with Gasteiger partial charge in [-0.3, -0.25) is 13.9 Å². The summed E-state index contributed by atoms with van der Waals surface area (Å²) in [5, 5.41) is 3.05. The molecule has 0 bridgehead atoms. The number of nitrogens with zero attached hydrogens (tertiary/aromatic N) is 4. The van der Waals surface area contributed by atoms with Gasteiger partial charge in [0.2, 0.25) is 5.95 Å². The molecule has 0 amide bonds. The van der Waals surface area contributed by atoms with Gasteiger partial charge < -0.3 is 20.4 Å². The van der Waals surface area contributed by atoms with Crippen molar-refractivity contribution in [2.24, 2.45) is 19.8 Å². The summed E-state index contributed by atoms with van der Waals surface area (Å²) in [6.07, 6.45) is 0.659. The summed E-state index contributed by atoms with van der Waals surface area (Å²) in [7, 11) is 4.81. The largest absolute Gasteiger partial charge is 0.385 e. The highest BCUT2D eigenvalue weighted by Crippen LogP contribution is 2.13. The molecule has 0 fully saturated rings. The molecule has 9 heteroatoms. The van der Waals surface area contributed by atoms with Crippen LogP contribution in [0.25, 0.3) is 11.2 Å². The van der Waals surface area contributed by atoms with E-state index in [0.29, 0.717) is 49.8 Å². The minimum absolute atomic E-state index is 0.362. The first-order valence-electron chi connectivity index (χ1n) is 7.12. The number of hydrogen-bond acceptors (Lipinski definition) is 6. The maximum Gasteiger partial charge on any atom is 0.332 e. The molecule has 0 aromatic carbocycles. The third-order valence-electron chi connectivity index (χ3n) is 3.52. The van der Waals surface area contributed by atoms with Crippen LogP contribution in [0, 0.1) is 0 Å². The normalized spacial score (nSPS) is 11.3. The number of nitrogens with two attached hydrogens (primary N) is 1. The molecule has 2 heterocycles. The molecule has 2 rings (SSSR count). The summed E-state index contributed by atoms with van der Waals surface area (Å²) >= 11 is 0. The number of aromatic nitrogens is 4. The quantitative estimate of drug-likeness (QED) is 0.624. The van der Waals surface area contributed by atoms with Crippen LogP contribution in [0.4, 0.5) is 5.95 Å². The van der Waals surface area contributed by atoms with E-state index in [1.54, 1.807) is 18.7 Å². The second-order valence-electron chi connectivity index (χ2n) is 5.03. The summed E-state index contributed by atoms with van der Waals surface area (Å²) in [6, 6.07) is 0. The van der Waals surface area contributed by atoms with Crippen molar-refractivity contribution in [3.63, 3.8) is 0 Å². The van der Waals surface area contributed by atoms with E-state index >= 15 is 0 Å². The van der Waals surface area contributed by atoms with Crippen LogP contribution < -0.4 is 22.3 Å². The smallest absolute Gasteiger partial charge is 0.332 e. The fraction of sp³-hybridized carbons (Fsp3) is 0.615. The summed E-state index contributed by atoms with van der Waals surface area (Å²) < 4.78 is 9.27. The van der Waals surface area contributed by atoms with E-state index < -0.39 is 0 Å². The van der Waals surface area contributed by atoms with E-state index in [4.69, 9.17) is 10.5 Å². The third-order valence-corrected chi connectivity index (χ3v) is 3.52. The molecule has 0 saturated heterocycles. The Bertz CT molecular complexity index is 773. The summed E-state index contributed by atoms with van der Waals surface area (Å²) in [5.74, 6) is 0.517. The van der Waals surface area contributed by atoms with Crippen molar-refractivity contribution in [2.45, 2.75) is 13.0 Å². The highest BCUT2D eigenvalue weighted by molar-refractivity contribution is 5.74. The van der Waals surface area contributed by atoms with Gasteiger partial charge in [-0.2, -0.15) is 4.98 Å². The summed E-state index contributed by atoms with van der Waals surface area (Å²) in [6.45, 7) is 1.94. The van der Waals surface area contributed by atoms with Crippen LogP contribution in [-0.4, -0.2) is 45.5 Å². The molecule has 0 unspecified atom stereocenters. The molecule has 3 N–H and O–H groups in total. The molecule has 0 aliphatic heterocycles. The Morgan fingerprint density at radius 3 is 2.64 bits per heavy atom. The molecule has 0 atom stereocenters.